The number of hydrogen-bond acceptors (Lipinski definition) is 4. The highest BCUT2D eigenvalue weighted by Crippen LogP contribution is 2.24. The van der Waals surface area contributed by atoms with Crippen molar-refractivity contribution in [3.05, 3.63) is 59.5 Å². The number of pyridine rings is 1. The van der Waals surface area contributed by atoms with E-state index in [4.69, 9.17) is 4.74 Å². The van der Waals surface area contributed by atoms with Crippen LogP contribution in [-0.2, 0) is 13.0 Å². The van der Waals surface area contributed by atoms with Gasteiger partial charge in [0.1, 0.15) is 11.6 Å². The average Bonchev–Trinajstić information content (AvgIpc) is 3.17. The molecule has 0 amide bonds. The summed E-state index contributed by atoms with van der Waals surface area (Å²) in [5, 5.41) is 14.8. The first-order chi connectivity index (χ1) is 15.4. The van der Waals surface area contributed by atoms with Crippen molar-refractivity contribution in [2.24, 2.45) is 4.99 Å². The van der Waals surface area contributed by atoms with Crippen LogP contribution in [0.25, 0.3) is 5.65 Å². The summed E-state index contributed by atoms with van der Waals surface area (Å²) in [6, 6.07) is 10.9. The SMILES string of the molecule is CCNC(=NCc1ccc(C)cc1OCC(F)(F)F)NCCCc1nnc2ccccn12.I. The van der Waals surface area contributed by atoms with E-state index in [2.05, 4.69) is 25.8 Å². The lowest BCUT2D eigenvalue weighted by molar-refractivity contribution is -0.153. The number of aryl methyl sites for hydroxylation is 2. The van der Waals surface area contributed by atoms with E-state index >= 15 is 0 Å². The Kier molecular flexibility index (Phi) is 10.2. The Morgan fingerprint density at radius 3 is 2.73 bits per heavy atom. The second-order valence-corrected chi connectivity index (χ2v) is 7.29. The summed E-state index contributed by atoms with van der Waals surface area (Å²) in [6.07, 6.45) is -0.907. The first-order valence-electron chi connectivity index (χ1n) is 10.5. The molecular formula is C22H28F3IN6O. The van der Waals surface area contributed by atoms with Gasteiger partial charge >= 0.3 is 6.18 Å². The van der Waals surface area contributed by atoms with Crippen LogP contribution in [-0.4, -0.2) is 46.4 Å². The number of nitrogens with one attached hydrogen (secondary N) is 2. The van der Waals surface area contributed by atoms with E-state index in [9.17, 15) is 13.2 Å². The molecule has 0 aliphatic carbocycles. The molecule has 2 N–H and O–H groups in total. The van der Waals surface area contributed by atoms with E-state index in [-0.39, 0.29) is 36.3 Å². The Morgan fingerprint density at radius 1 is 1.15 bits per heavy atom. The zero-order valence-corrected chi connectivity index (χ0v) is 20.9. The summed E-state index contributed by atoms with van der Waals surface area (Å²) in [5.74, 6) is 1.66. The number of fused-ring (bicyclic) bond motifs is 1. The average molecular weight is 576 g/mol. The molecule has 11 heteroatoms. The third-order valence-corrected chi connectivity index (χ3v) is 4.62. The Morgan fingerprint density at radius 2 is 1.97 bits per heavy atom. The first kappa shape index (κ1) is 26.7. The molecule has 7 nitrogen and oxygen atoms in total. The molecule has 0 spiro atoms. The zero-order chi connectivity index (χ0) is 23.0. The standard InChI is InChI=1S/C22H27F3N6O.HI/c1-3-26-21(27-11-6-8-20-30-29-19-7-4-5-12-31(19)20)28-14-17-10-9-16(2)13-18(17)32-15-22(23,24)25;/h4-5,7,9-10,12-13H,3,6,8,11,14-15H2,1-2H3,(H2,26,27,28);1H. The fraction of sp³-hybridized carbons (Fsp3) is 0.409. The fourth-order valence-corrected chi connectivity index (χ4v) is 3.11. The predicted octanol–water partition coefficient (Wildman–Crippen LogP) is 4.28. The van der Waals surface area contributed by atoms with Gasteiger partial charge in [-0.1, -0.05) is 18.2 Å². The molecule has 0 aliphatic heterocycles. The molecule has 3 rings (SSSR count). The van der Waals surface area contributed by atoms with Crippen LogP contribution in [0.4, 0.5) is 13.2 Å². The van der Waals surface area contributed by atoms with Crippen LogP contribution in [0.2, 0.25) is 0 Å². The maximum atomic E-state index is 12.6. The van der Waals surface area contributed by atoms with Crippen molar-refractivity contribution in [1.82, 2.24) is 25.2 Å². The molecule has 0 unspecified atom stereocenters. The minimum Gasteiger partial charge on any atom is -0.484 e. The number of aromatic nitrogens is 3. The number of alkyl halides is 3. The molecule has 33 heavy (non-hydrogen) atoms. The quantitative estimate of drug-likeness (QED) is 0.172. The van der Waals surface area contributed by atoms with Gasteiger partial charge in [-0.05, 0) is 44.0 Å². The molecular weight excluding hydrogens is 548 g/mol. The fourth-order valence-electron chi connectivity index (χ4n) is 3.11. The Bertz CT molecular complexity index is 1050. The molecule has 0 aliphatic rings. The van der Waals surface area contributed by atoms with E-state index in [0.29, 0.717) is 24.6 Å². The van der Waals surface area contributed by atoms with Crippen LogP contribution in [0.3, 0.4) is 0 Å². The number of halogens is 4. The van der Waals surface area contributed by atoms with Crippen LogP contribution in [0.5, 0.6) is 5.75 Å². The molecule has 2 aromatic heterocycles. The predicted molar refractivity (Wildman–Crippen MR) is 132 cm³/mol. The van der Waals surface area contributed by atoms with Gasteiger partial charge in [0, 0.05) is 31.3 Å². The number of rotatable bonds is 9. The van der Waals surface area contributed by atoms with Gasteiger partial charge in [-0.25, -0.2) is 4.99 Å². The molecule has 0 fully saturated rings. The van der Waals surface area contributed by atoms with Gasteiger partial charge < -0.3 is 15.4 Å². The molecule has 180 valence electrons. The molecule has 0 bridgehead atoms. The van der Waals surface area contributed by atoms with Crippen molar-refractivity contribution >= 4 is 35.6 Å². The van der Waals surface area contributed by atoms with Crippen LogP contribution in [0, 0.1) is 6.92 Å². The number of guanidine groups is 1. The van der Waals surface area contributed by atoms with Gasteiger partial charge in [0.2, 0.25) is 0 Å². The maximum Gasteiger partial charge on any atom is 0.422 e. The molecule has 2 heterocycles. The number of ether oxygens (including phenoxy) is 1. The highest BCUT2D eigenvalue weighted by atomic mass is 127. The maximum absolute atomic E-state index is 12.6. The molecule has 0 saturated heterocycles. The summed E-state index contributed by atoms with van der Waals surface area (Å²) >= 11 is 0. The minimum atomic E-state index is -4.39. The summed E-state index contributed by atoms with van der Waals surface area (Å²) in [7, 11) is 0. The van der Waals surface area contributed by atoms with Crippen LogP contribution < -0.4 is 15.4 Å². The number of benzene rings is 1. The van der Waals surface area contributed by atoms with Gasteiger partial charge in [0.15, 0.2) is 18.2 Å². The zero-order valence-electron chi connectivity index (χ0n) is 18.5. The third-order valence-electron chi connectivity index (χ3n) is 4.62. The summed E-state index contributed by atoms with van der Waals surface area (Å²) in [5.41, 5.74) is 2.22. The van der Waals surface area contributed by atoms with Gasteiger partial charge in [0.05, 0.1) is 6.54 Å². The molecule has 0 radical (unpaired) electrons. The second kappa shape index (κ2) is 12.6. The Balaban J connectivity index is 0.00000385. The van der Waals surface area contributed by atoms with Gasteiger partial charge in [-0.15, -0.1) is 34.2 Å². The van der Waals surface area contributed by atoms with Gasteiger partial charge in [0.25, 0.3) is 0 Å². The molecule has 1 aromatic carbocycles. The van der Waals surface area contributed by atoms with Crippen LogP contribution in [0.1, 0.15) is 30.3 Å². The number of hydrogen-bond donors (Lipinski definition) is 2. The van der Waals surface area contributed by atoms with E-state index in [0.717, 1.165) is 29.9 Å². The van der Waals surface area contributed by atoms with E-state index in [1.807, 2.05) is 41.8 Å². The van der Waals surface area contributed by atoms with Crippen LogP contribution in [0.15, 0.2) is 47.6 Å². The first-order valence-corrected chi connectivity index (χ1v) is 10.5. The number of aliphatic imine (C=N–C) groups is 1. The molecule has 0 saturated carbocycles. The van der Waals surface area contributed by atoms with Crippen molar-refractivity contribution < 1.29 is 17.9 Å². The minimum absolute atomic E-state index is 0. The Hall–Kier alpha value is -2.57. The van der Waals surface area contributed by atoms with Crippen molar-refractivity contribution in [3.8, 4) is 5.75 Å². The Labute approximate surface area is 207 Å². The van der Waals surface area contributed by atoms with E-state index in [1.165, 1.54) is 0 Å². The normalized spacial score (nSPS) is 11.8. The van der Waals surface area contributed by atoms with Crippen molar-refractivity contribution in [2.75, 3.05) is 19.7 Å². The third kappa shape index (κ3) is 8.37. The van der Waals surface area contributed by atoms with Crippen molar-refractivity contribution in [1.29, 1.82) is 0 Å². The van der Waals surface area contributed by atoms with Crippen LogP contribution >= 0.6 is 24.0 Å². The second-order valence-electron chi connectivity index (χ2n) is 7.29. The highest BCUT2D eigenvalue weighted by Gasteiger charge is 2.28. The van der Waals surface area contributed by atoms with E-state index < -0.39 is 12.8 Å². The monoisotopic (exact) mass is 576 g/mol. The summed E-state index contributed by atoms with van der Waals surface area (Å²) in [6.45, 7) is 3.92. The number of nitrogens with zero attached hydrogens (tertiary/aromatic N) is 4. The van der Waals surface area contributed by atoms with Crippen molar-refractivity contribution in [2.45, 2.75) is 39.4 Å². The smallest absolute Gasteiger partial charge is 0.422 e. The largest absolute Gasteiger partial charge is 0.484 e. The molecule has 0 atom stereocenters. The highest BCUT2D eigenvalue weighted by molar-refractivity contribution is 14.0. The lowest BCUT2D eigenvalue weighted by atomic mass is 10.1. The van der Waals surface area contributed by atoms with Gasteiger partial charge in [-0.2, -0.15) is 13.2 Å². The lowest BCUT2D eigenvalue weighted by Gasteiger charge is -2.14. The van der Waals surface area contributed by atoms with E-state index in [1.54, 1.807) is 19.1 Å². The lowest BCUT2D eigenvalue weighted by Crippen LogP contribution is -2.37. The molecule has 3 aromatic rings. The van der Waals surface area contributed by atoms with Crippen molar-refractivity contribution in [3.63, 3.8) is 0 Å². The summed E-state index contributed by atoms with van der Waals surface area (Å²) in [4.78, 5) is 4.50. The summed E-state index contributed by atoms with van der Waals surface area (Å²) < 4.78 is 44.7. The topological polar surface area (TPSA) is 75.8 Å². The van der Waals surface area contributed by atoms with Gasteiger partial charge in [-0.3, -0.25) is 4.40 Å².